The van der Waals surface area contributed by atoms with Crippen LogP contribution in [0.4, 0.5) is 17.5 Å². The van der Waals surface area contributed by atoms with E-state index in [1.165, 1.54) is 0 Å². The van der Waals surface area contributed by atoms with Gasteiger partial charge in [0, 0.05) is 54.1 Å². The first-order valence-electron chi connectivity index (χ1n) is 9.73. The Kier molecular flexibility index (Phi) is 5.83. The number of amides is 1. The largest absolute Gasteiger partial charge is 0.368 e. The Hall–Kier alpha value is -3.16. The molecule has 4 rings (SSSR count). The summed E-state index contributed by atoms with van der Waals surface area (Å²) in [6, 6.07) is 16.2. The number of nitrogens with one attached hydrogen (secondary N) is 1. The second-order valence-corrected chi connectivity index (χ2v) is 7.74. The van der Waals surface area contributed by atoms with Crippen LogP contribution in [0.3, 0.4) is 0 Å². The van der Waals surface area contributed by atoms with E-state index in [0.717, 1.165) is 43.3 Å². The van der Waals surface area contributed by atoms with Crippen molar-refractivity contribution in [2.45, 2.75) is 0 Å². The maximum absolute atomic E-state index is 12.5. The summed E-state index contributed by atoms with van der Waals surface area (Å²) in [5.41, 5.74) is 8.78. The summed E-state index contributed by atoms with van der Waals surface area (Å²) in [6.45, 7) is 3.74. The summed E-state index contributed by atoms with van der Waals surface area (Å²) in [7, 11) is 2.11. The molecule has 1 amide bonds. The number of anilines is 3. The highest BCUT2D eigenvalue weighted by molar-refractivity contribution is 6.30. The van der Waals surface area contributed by atoms with Crippen molar-refractivity contribution in [1.29, 1.82) is 0 Å². The molecule has 3 N–H and O–H groups in total. The van der Waals surface area contributed by atoms with Gasteiger partial charge in [-0.25, -0.2) is 4.98 Å². The molecule has 1 fully saturated rings. The molecule has 1 aromatic heterocycles. The summed E-state index contributed by atoms with van der Waals surface area (Å²) < 4.78 is 0. The molecule has 0 saturated carbocycles. The van der Waals surface area contributed by atoms with Crippen LogP contribution in [-0.2, 0) is 0 Å². The van der Waals surface area contributed by atoms with Gasteiger partial charge in [-0.15, -0.1) is 0 Å². The van der Waals surface area contributed by atoms with Crippen molar-refractivity contribution in [3.8, 4) is 11.3 Å². The second-order valence-electron chi connectivity index (χ2n) is 7.30. The van der Waals surface area contributed by atoms with E-state index in [2.05, 4.69) is 32.1 Å². The van der Waals surface area contributed by atoms with Crippen molar-refractivity contribution in [1.82, 2.24) is 14.9 Å². The molecule has 2 heterocycles. The molecule has 7 nitrogen and oxygen atoms in total. The zero-order chi connectivity index (χ0) is 21.1. The first kappa shape index (κ1) is 20.1. The lowest BCUT2D eigenvalue weighted by Gasteiger charge is -2.33. The molecule has 0 unspecified atom stereocenters. The number of piperazine rings is 1. The lowest BCUT2D eigenvalue weighted by molar-refractivity contribution is 0.102. The zero-order valence-corrected chi connectivity index (χ0v) is 17.4. The van der Waals surface area contributed by atoms with Gasteiger partial charge in [0.15, 0.2) is 0 Å². The highest BCUT2D eigenvalue weighted by Gasteiger charge is 2.17. The number of carbonyl (C=O) groups excluding carboxylic acids is 1. The Bertz CT molecular complexity index is 1050. The number of carbonyl (C=O) groups is 1. The molecule has 0 bridgehead atoms. The van der Waals surface area contributed by atoms with E-state index in [4.69, 9.17) is 17.3 Å². The first-order valence-corrected chi connectivity index (χ1v) is 10.1. The van der Waals surface area contributed by atoms with Crippen molar-refractivity contribution in [3.05, 3.63) is 65.2 Å². The Balaban J connectivity index is 1.56. The van der Waals surface area contributed by atoms with Crippen molar-refractivity contribution in [3.63, 3.8) is 0 Å². The van der Waals surface area contributed by atoms with Crippen LogP contribution >= 0.6 is 11.6 Å². The van der Waals surface area contributed by atoms with E-state index in [1.54, 1.807) is 24.3 Å². The van der Waals surface area contributed by atoms with Gasteiger partial charge in [0.05, 0.1) is 5.69 Å². The van der Waals surface area contributed by atoms with Gasteiger partial charge >= 0.3 is 0 Å². The molecular formula is C22H23ClN6O. The van der Waals surface area contributed by atoms with Gasteiger partial charge in [-0.2, -0.15) is 4.98 Å². The third kappa shape index (κ3) is 4.69. The predicted octanol–water partition coefficient (Wildman–Crippen LogP) is 3.38. The third-order valence-corrected chi connectivity index (χ3v) is 5.33. The summed E-state index contributed by atoms with van der Waals surface area (Å²) in [5.74, 6) is 0.849. The molecule has 0 spiro atoms. The molecule has 2 aromatic carbocycles. The van der Waals surface area contributed by atoms with E-state index in [1.807, 2.05) is 30.3 Å². The Labute approximate surface area is 180 Å². The SMILES string of the molecule is CN1CCN(c2cc(-c3cccc(NC(=O)c4ccc(Cl)cc4)c3)nc(N)n2)CC1. The maximum atomic E-state index is 12.5. The van der Waals surface area contributed by atoms with Crippen LogP contribution in [0, 0.1) is 0 Å². The molecule has 30 heavy (non-hydrogen) atoms. The minimum atomic E-state index is -0.204. The van der Waals surface area contributed by atoms with Crippen LogP contribution in [0.1, 0.15) is 10.4 Å². The van der Waals surface area contributed by atoms with Gasteiger partial charge in [0.25, 0.3) is 5.91 Å². The van der Waals surface area contributed by atoms with Crippen LogP contribution in [0.5, 0.6) is 0 Å². The molecule has 1 saturated heterocycles. The number of nitrogens with zero attached hydrogens (tertiary/aromatic N) is 4. The topological polar surface area (TPSA) is 87.4 Å². The predicted molar refractivity (Wildman–Crippen MR) is 121 cm³/mol. The van der Waals surface area contributed by atoms with Crippen LogP contribution in [0.2, 0.25) is 5.02 Å². The van der Waals surface area contributed by atoms with Crippen molar-refractivity contribution >= 4 is 35.0 Å². The van der Waals surface area contributed by atoms with Gasteiger partial charge in [-0.1, -0.05) is 23.7 Å². The average Bonchev–Trinajstić information content (AvgIpc) is 2.74. The van der Waals surface area contributed by atoms with Crippen LogP contribution in [0.15, 0.2) is 54.6 Å². The van der Waals surface area contributed by atoms with Gasteiger partial charge in [-0.05, 0) is 43.4 Å². The van der Waals surface area contributed by atoms with Crippen molar-refractivity contribution < 1.29 is 4.79 Å². The summed E-state index contributed by atoms with van der Waals surface area (Å²) in [5, 5.41) is 3.50. The van der Waals surface area contributed by atoms with Crippen molar-refractivity contribution in [2.75, 3.05) is 49.2 Å². The van der Waals surface area contributed by atoms with Crippen LogP contribution in [0.25, 0.3) is 11.3 Å². The molecule has 0 atom stereocenters. The zero-order valence-electron chi connectivity index (χ0n) is 16.7. The van der Waals surface area contributed by atoms with E-state index in [9.17, 15) is 4.79 Å². The number of rotatable bonds is 4. The van der Waals surface area contributed by atoms with Gasteiger partial charge in [-0.3, -0.25) is 4.79 Å². The standard InChI is InChI=1S/C22H23ClN6O/c1-28-9-11-29(12-10-28)20-14-19(26-22(24)27-20)16-3-2-4-18(13-16)25-21(30)15-5-7-17(23)8-6-15/h2-8,13-14H,9-12H2,1H3,(H,25,30)(H2,24,26,27). The average molecular weight is 423 g/mol. The minimum Gasteiger partial charge on any atom is -0.368 e. The number of benzene rings is 2. The van der Waals surface area contributed by atoms with Crippen LogP contribution in [-0.4, -0.2) is 54.0 Å². The summed E-state index contributed by atoms with van der Waals surface area (Å²) in [4.78, 5) is 25.8. The first-order chi connectivity index (χ1) is 14.5. The Morgan fingerprint density at radius 2 is 1.77 bits per heavy atom. The normalized spacial score (nSPS) is 14.5. The number of hydrogen-bond acceptors (Lipinski definition) is 6. The van der Waals surface area contributed by atoms with E-state index in [0.29, 0.717) is 16.3 Å². The Morgan fingerprint density at radius 1 is 1.03 bits per heavy atom. The highest BCUT2D eigenvalue weighted by Crippen LogP contribution is 2.26. The number of nitrogen functional groups attached to an aromatic ring is 1. The van der Waals surface area contributed by atoms with Gasteiger partial charge < -0.3 is 20.9 Å². The smallest absolute Gasteiger partial charge is 0.255 e. The number of aromatic nitrogens is 2. The van der Waals surface area contributed by atoms with Crippen molar-refractivity contribution in [2.24, 2.45) is 0 Å². The van der Waals surface area contributed by atoms with Gasteiger partial charge in [0.2, 0.25) is 5.95 Å². The molecule has 3 aromatic rings. The lowest BCUT2D eigenvalue weighted by Crippen LogP contribution is -2.44. The number of hydrogen-bond donors (Lipinski definition) is 2. The maximum Gasteiger partial charge on any atom is 0.255 e. The molecular weight excluding hydrogens is 400 g/mol. The quantitative estimate of drug-likeness (QED) is 0.670. The minimum absolute atomic E-state index is 0.204. The van der Waals surface area contributed by atoms with E-state index in [-0.39, 0.29) is 11.9 Å². The number of likely N-dealkylation sites (N-methyl/N-ethyl adjacent to an activating group) is 1. The molecule has 1 aliphatic rings. The van der Waals surface area contributed by atoms with E-state index < -0.39 is 0 Å². The molecule has 1 aliphatic heterocycles. The van der Waals surface area contributed by atoms with E-state index >= 15 is 0 Å². The monoisotopic (exact) mass is 422 g/mol. The highest BCUT2D eigenvalue weighted by atomic mass is 35.5. The molecule has 0 radical (unpaired) electrons. The number of halogens is 1. The molecule has 8 heteroatoms. The molecule has 0 aliphatic carbocycles. The Morgan fingerprint density at radius 3 is 2.50 bits per heavy atom. The van der Waals surface area contributed by atoms with Gasteiger partial charge in [0.1, 0.15) is 5.82 Å². The lowest BCUT2D eigenvalue weighted by atomic mass is 10.1. The molecule has 154 valence electrons. The number of nitrogens with two attached hydrogens (primary N) is 1. The second kappa shape index (κ2) is 8.69. The third-order valence-electron chi connectivity index (χ3n) is 5.08. The fourth-order valence-corrected chi connectivity index (χ4v) is 3.48. The summed E-state index contributed by atoms with van der Waals surface area (Å²) in [6.07, 6.45) is 0. The summed E-state index contributed by atoms with van der Waals surface area (Å²) >= 11 is 5.89. The fourth-order valence-electron chi connectivity index (χ4n) is 3.36. The van der Waals surface area contributed by atoms with Crippen LogP contribution < -0.4 is 16.0 Å². The fraction of sp³-hybridized carbons (Fsp3) is 0.227.